The Kier molecular flexibility index (Phi) is 4.24. The number of aromatic nitrogens is 2. The molecule has 22 heavy (non-hydrogen) atoms. The number of anilines is 2. The molecule has 116 valence electrons. The van der Waals surface area contributed by atoms with Gasteiger partial charge in [-0.3, -0.25) is 0 Å². The number of hydrogen-bond acceptors (Lipinski definition) is 5. The van der Waals surface area contributed by atoms with Crippen LogP contribution in [0.4, 0.5) is 11.8 Å². The summed E-state index contributed by atoms with van der Waals surface area (Å²) in [6.07, 6.45) is 0. The predicted octanol–water partition coefficient (Wildman–Crippen LogP) is 1.96. The van der Waals surface area contributed by atoms with Gasteiger partial charge < -0.3 is 15.5 Å². The van der Waals surface area contributed by atoms with Gasteiger partial charge in [-0.25, -0.2) is 4.98 Å². The first-order valence-electron chi connectivity index (χ1n) is 7.76. The molecule has 1 fully saturated rings. The van der Waals surface area contributed by atoms with Gasteiger partial charge in [-0.15, -0.1) is 0 Å². The summed E-state index contributed by atoms with van der Waals surface area (Å²) in [6, 6.07) is 12.5. The Bertz CT molecular complexity index is 620. The largest absolute Gasteiger partial charge is 0.368 e. The molecule has 5 heteroatoms. The maximum absolute atomic E-state index is 5.95. The van der Waals surface area contributed by atoms with Gasteiger partial charge >= 0.3 is 0 Å². The summed E-state index contributed by atoms with van der Waals surface area (Å²) >= 11 is 0. The van der Waals surface area contributed by atoms with Gasteiger partial charge in [-0.1, -0.05) is 37.3 Å². The minimum atomic E-state index is 0.206. The number of rotatable bonds is 3. The first-order chi connectivity index (χ1) is 10.6. The van der Waals surface area contributed by atoms with Crippen LogP contribution in [0.15, 0.2) is 36.4 Å². The van der Waals surface area contributed by atoms with Gasteiger partial charge in [-0.2, -0.15) is 4.98 Å². The van der Waals surface area contributed by atoms with Crippen LogP contribution < -0.4 is 10.6 Å². The van der Waals surface area contributed by atoms with E-state index in [1.54, 1.807) is 0 Å². The van der Waals surface area contributed by atoms with Crippen molar-refractivity contribution in [1.29, 1.82) is 0 Å². The van der Waals surface area contributed by atoms with Crippen LogP contribution in [0.1, 0.15) is 24.1 Å². The highest BCUT2D eigenvalue weighted by atomic mass is 15.3. The quantitative estimate of drug-likeness (QED) is 0.938. The van der Waals surface area contributed by atoms with E-state index in [9.17, 15) is 0 Å². The maximum Gasteiger partial charge on any atom is 0.222 e. The normalized spacial score (nSPS) is 17.5. The number of hydrogen-bond donors (Lipinski definition) is 1. The number of nitrogen functional groups attached to an aromatic ring is 1. The van der Waals surface area contributed by atoms with Crippen molar-refractivity contribution in [2.24, 2.45) is 0 Å². The van der Waals surface area contributed by atoms with Crippen LogP contribution in [-0.2, 0) is 0 Å². The molecule has 1 saturated heterocycles. The fraction of sp³-hybridized carbons (Fsp3) is 0.412. The molecular formula is C17H23N5. The molecule has 0 saturated carbocycles. The number of nitrogens with zero attached hydrogens (tertiary/aromatic N) is 4. The van der Waals surface area contributed by atoms with E-state index in [1.165, 1.54) is 5.56 Å². The highest BCUT2D eigenvalue weighted by molar-refractivity contribution is 5.46. The van der Waals surface area contributed by atoms with Crippen LogP contribution in [0.25, 0.3) is 0 Å². The summed E-state index contributed by atoms with van der Waals surface area (Å²) < 4.78 is 0. The average molecular weight is 297 g/mol. The smallest absolute Gasteiger partial charge is 0.222 e. The lowest BCUT2D eigenvalue weighted by molar-refractivity contribution is 0.312. The number of piperazine rings is 1. The van der Waals surface area contributed by atoms with Crippen molar-refractivity contribution in [3.05, 3.63) is 47.7 Å². The minimum Gasteiger partial charge on any atom is -0.368 e. The van der Waals surface area contributed by atoms with Crippen LogP contribution >= 0.6 is 0 Å². The molecule has 1 aliphatic rings. The molecule has 3 rings (SSSR count). The standard InChI is InChI=1S/C17H23N5/c1-13(14-6-4-3-5-7-14)15-12-16(20-17(18)19-15)22-10-8-21(2)9-11-22/h3-7,12-13H,8-11H2,1-2H3,(H2,18,19,20). The summed E-state index contributed by atoms with van der Waals surface area (Å²) in [4.78, 5) is 13.5. The van der Waals surface area contributed by atoms with Gasteiger partial charge in [0.25, 0.3) is 0 Å². The Morgan fingerprint density at radius 3 is 2.41 bits per heavy atom. The lowest BCUT2D eigenvalue weighted by Crippen LogP contribution is -2.45. The SMILES string of the molecule is CC(c1ccccc1)c1cc(N2CCN(C)CC2)nc(N)n1. The monoisotopic (exact) mass is 297 g/mol. The van der Waals surface area contributed by atoms with Crippen molar-refractivity contribution >= 4 is 11.8 Å². The molecule has 5 nitrogen and oxygen atoms in total. The molecule has 2 heterocycles. The van der Waals surface area contributed by atoms with Crippen molar-refractivity contribution in [3.63, 3.8) is 0 Å². The second-order valence-electron chi connectivity index (χ2n) is 5.93. The number of benzene rings is 1. The van der Waals surface area contributed by atoms with E-state index in [-0.39, 0.29) is 5.92 Å². The van der Waals surface area contributed by atoms with Crippen LogP contribution in [0.2, 0.25) is 0 Å². The molecule has 1 aromatic heterocycles. The summed E-state index contributed by atoms with van der Waals surface area (Å²) in [6.45, 7) is 6.21. The van der Waals surface area contributed by atoms with E-state index in [0.717, 1.165) is 37.7 Å². The molecule has 0 radical (unpaired) electrons. The van der Waals surface area contributed by atoms with Crippen LogP contribution in [-0.4, -0.2) is 48.1 Å². The predicted molar refractivity (Wildman–Crippen MR) is 90.1 cm³/mol. The van der Waals surface area contributed by atoms with Gasteiger partial charge in [0, 0.05) is 38.2 Å². The Hall–Kier alpha value is -2.14. The highest BCUT2D eigenvalue weighted by Gasteiger charge is 2.18. The van der Waals surface area contributed by atoms with Crippen molar-refractivity contribution in [2.45, 2.75) is 12.8 Å². The second-order valence-corrected chi connectivity index (χ2v) is 5.93. The highest BCUT2D eigenvalue weighted by Crippen LogP contribution is 2.26. The van der Waals surface area contributed by atoms with Crippen LogP contribution in [0.5, 0.6) is 0 Å². The fourth-order valence-electron chi connectivity index (χ4n) is 2.80. The fourth-order valence-corrected chi connectivity index (χ4v) is 2.80. The summed E-state index contributed by atoms with van der Waals surface area (Å²) in [5, 5.41) is 0. The third-order valence-corrected chi connectivity index (χ3v) is 4.32. The van der Waals surface area contributed by atoms with E-state index in [1.807, 2.05) is 6.07 Å². The lowest BCUT2D eigenvalue weighted by atomic mass is 9.97. The molecule has 0 aliphatic carbocycles. The zero-order valence-corrected chi connectivity index (χ0v) is 13.2. The second kappa shape index (κ2) is 6.32. The Morgan fingerprint density at radius 2 is 1.73 bits per heavy atom. The first-order valence-corrected chi connectivity index (χ1v) is 7.76. The molecule has 1 aromatic carbocycles. The molecule has 2 aromatic rings. The van der Waals surface area contributed by atoms with Crippen molar-refractivity contribution in [3.8, 4) is 0 Å². The Labute approximate surface area is 131 Å². The van der Waals surface area contributed by atoms with Crippen LogP contribution in [0.3, 0.4) is 0 Å². The van der Waals surface area contributed by atoms with Gasteiger partial charge in [0.15, 0.2) is 0 Å². The summed E-state index contributed by atoms with van der Waals surface area (Å²) in [7, 11) is 2.15. The zero-order chi connectivity index (χ0) is 15.5. The third kappa shape index (κ3) is 3.20. The van der Waals surface area contributed by atoms with Crippen molar-refractivity contribution < 1.29 is 0 Å². The first kappa shape index (κ1) is 14.8. The maximum atomic E-state index is 5.95. The van der Waals surface area contributed by atoms with Crippen molar-refractivity contribution in [2.75, 3.05) is 43.9 Å². The van der Waals surface area contributed by atoms with Gasteiger partial charge in [0.05, 0.1) is 5.69 Å². The molecule has 2 N–H and O–H groups in total. The Morgan fingerprint density at radius 1 is 1.05 bits per heavy atom. The van der Waals surface area contributed by atoms with Gasteiger partial charge in [-0.05, 0) is 12.6 Å². The van der Waals surface area contributed by atoms with Gasteiger partial charge in [0.2, 0.25) is 5.95 Å². The van der Waals surface area contributed by atoms with E-state index < -0.39 is 0 Å². The summed E-state index contributed by atoms with van der Waals surface area (Å²) in [5.41, 5.74) is 8.17. The molecule has 0 amide bonds. The number of likely N-dealkylation sites (N-methyl/N-ethyl adjacent to an activating group) is 1. The molecule has 1 aliphatic heterocycles. The third-order valence-electron chi connectivity index (χ3n) is 4.32. The molecule has 0 spiro atoms. The summed E-state index contributed by atoms with van der Waals surface area (Å²) in [5.74, 6) is 1.50. The lowest BCUT2D eigenvalue weighted by Gasteiger charge is -2.33. The zero-order valence-electron chi connectivity index (χ0n) is 13.2. The number of nitrogens with two attached hydrogens (primary N) is 1. The molecule has 1 unspecified atom stereocenters. The average Bonchev–Trinajstić information content (AvgIpc) is 2.55. The van der Waals surface area contributed by atoms with E-state index >= 15 is 0 Å². The van der Waals surface area contributed by atoms with Gasteiger partial charge in [0.1, 0.15) is 5.82 Å². The van der Waals surface area contributed by atoms with Crippen molar-refractivity contribution in [1.82, 2.24) is 14.9 Å². The van der Waals surface area contributed by atoms with E-state index in [2.05, 4.69) is 64.1 Å². The topological polar surface area (TPSA) is 58.3 Å². The minimum absolute atomic E-state index is 0.206. The van der Waals surface area contributed by atoms with E-state index in [4.69, 9.17) is 5.73 Å². The Balaban J connectivity index is 1.87. The molecule has 0 bridgehead atoms. The van der Waals surface area contributed by atoms with Crippen LogP contribution in [0, 0.1) is 0 Å². The molecule has 1 atom stereocenters. The van der Waals surface area contributed by atoms with E-state index in [0.29, 0.717) is 5.95 Å². The molecular weight excluding hydrogens is 274 g/mol.